The predicted molar refractivity (Wildman–Crippen MR) is 92.4 cm³/mol. The molecule has 2 amide bonds. The SMILES string of the molecule is CCNC(=O)c1cc(C(=O)NC)c(=O)n(Cc2cccc(C)c2)c1. The van der Waals surface area contributed by atoms with Crippen LogP contribution in [0.4, 0.5) is 0 Å². The van der Waals surface area contributed by atoms with Crippen molar-refractivity contribution in [1.29, 1.82) is 0 Å². The average Bonchev–Trinajstić information content (AvgIpc) is 2.56. The third-order valence-electron chi connectivity index (χ3n) is 3.59. The largest absolute Gasteiger partial charge is 0.355 e. The van der Waals surface area contributed by atoms with Crippen molar-refractivity contribution in [3.63, 3.8) is 0 Å². The van der Waals surface area contributed by atoms with Crippen LogP contribution in [0.15, 0.2) is 41.3 Å². The van der Waals surface area contributed by atoms with Crippen molar-refractivity contribution in [2.75, 3.05) is 13.6 Å². The van der Waals surface area contributed by atoms with E-state index >= 15 is 0 Å². The van der Waals surface area contributed by atoms with Crippen molar-refractivity contribution in [2.45, 2.75) is 20.4 Å². The van der Waals surface area contributed by atoms with E-state index in [1.54, 1.807) is 6.92 Å². The molecule has 6 nitrogen and oxygen atoms in total. The zero-order valence-corrected chi connectivity index (χ0v) is 14.1. The van der Waals surface area contributed by atoms with Crippen LogP contribution in [0.5, 0.6) is 0 Å². The number of hydrogen-bond donors (Lipinski definition) is 2. The third-order valence-corrected chi connectivity index (χ3v) is 3.59. The molecular formula is C18H21N3O3. The molecule has 2 rings (SSSR count). The van der Waals surface area contributed by atoms with Gasteiger partial charge in [0, 0.05) is 19.8 Å². The Balaban J connectivity index is 2.52. The van der Waals surface area contributed by atoms with Gasteiger partial charge in [-0.2, -0.15) is 0 Å². The van der Waals surface area contributed by atoms with Gasteiger partial charge < -0.3 is 15.2 Å². The van der Waals surface area contributed by atoms with E-state index < -0.39 is 11.5 Å². The molecule has 0 aliphatic carbocycles. The van der Waals surface area contributed by atoms with E-state index in [2.05, 4.69) is 10.6 Å². The molecule has 0 radical (unpaired) electrons. The quantitative estimate of drug-likeness (QED) is 0.869. The summed E-state index contributed by atoms with van der Waals surface area (Å²) in [6.45, 7) is 4.52. The van der Waals surface area contributed by atoms with E-state index in [0.717, 1.165) is 11.1 Å². The highest BCUT2D eigenvalue weighted by Crippen LogP contribution is 2.08. The van der Waals surface area contributed by atoms with E-state index in [4.69, 9.17) is 0 Å². The predicted octanol–water partition coefficient (Wildman–Crippen LogP) is 1.31. The number of carbonyl (C=O) groups is 2. The number of aromatic nitrogens is 1. The van der Waals surface area contributed by atoms with E-state index in [-0.39, 0.29) is 23.6 Å². The highest BCUT2D eigenvalue weighted by Gasteiger charge is 2.16. The van der Waals surface area contributed by atoms with Gasteiger partial charge in [-0.05, 0) is 25.5 Å². The molecule has 126 valence electrons. The molecule has 0 unspecified atom stereocenters. The van der Waals surface area contributed by atoms with E-state index in [0.29, 0.717) is 6.54 Å². The Bertz CT molecular complexity index is 824. The fourth-order valence-corrected chi connectivity index (χ4v) is 2.44. The Kier molecular flexibility index (Phi) is 5.52. The molecule has 1 heterocycles. The zero-order chi connectivity index (χ0) is 17.7. The summed E-state index contributed by atoms with van der Waals surface area (Å²) in [5, 5.41) is 5.12. The average molecular weight is 327 g/mol. The fourth-order valence-electron chi connectivity index (χ4n) is 2.44. The summed E-state index contributed by atoms with van der Waals surface area (Å²) in [5.74, 6) is -0.829. The second kappa shape index (κ2) is 7.59. The molecule has 1 aromatic heterocycles. The van der Waals surface area contributed by atoms with Crippen molar-refractivity contribution >= 4 is 11.8 Å². The molecule has 0 aliphatic rings. The van der Waals surface area contributed by atoms with Gasteiger partial charge in [-0.15, -0.1) is 0 Å². The summed E-state index contributed by atoms with van der Waals surface area (Å²) in [5.41, 5.74) is 1.81. The van der Waals surface area contributed by atoms with Crippen molar-refractivity contribution in [2.24, 2.45) is 0 Å². The Morgan fingerprint density at radius 2 is 1.92 bits per heavy atom. The minimum absolute atomic E-state index is 0.0473. The maximum absolute atomic E-state index is 12.6. The van der Waals surface area contributed by atoms with Gasteiger partial charge in [0.05, 0.1) is 12.1 Å². The first-order valence-corrected chi connectivity index (χ1v) is 7.76. The van der Waals surface area contributed by atoms with Crippen molar-refractivity contribution in [3.05, 3.63) is 69.1 Å². The molecule has 0 spiro atoms. The normalized spacial score (nSPS) is 10.3. The number of carbonyl (C=O) groups excluding carboxylic acids is 2. The van der Waals surface area contributed by atoms with Crippen LogP contribution in [0.2, 0.25) is 0 Å². The van der Waals surface area contributed by atoms with Crippen LogP contribution >= 0.6 is 0 Å². The van der Waals surface area contributed by atoms with Crippen LogP contribution in [-0.4, -0.2) is 30.0 Å². The number of amides is 2. The van der Waals surface area contributed by atoms with Gasteiger partial charge in [0.2, 0.25) is 0 Å². The topological polar surface area (TPSA) is 80.2 Å². The maximum atomic E-state index is 12.6. The Labute approximate surface area is 140 Å². The van der Waals surface area contributed by atoms with Crippen molar-refractivity contribution in [1.82, 2.24) is 15.2 Å². The van der Waals surface area contributed by atoms with Crippen LogP contribution in [0, 0.1) is 6.92 Å². The number of nitrogens with zero attached hydrogens (tertiary/aromatic N) is 1. The smallest absolute Gasteiger partial charge is 0.263 e. The minimum atomic E-state index is -0.510. The van der Waals surface area contributed by atoms with E-state index in [1.165, 1.54) is 23.9 Å². The van der Waals surface area contributed by atoms with Gasteiger partial charge in [0.25, 0.3) is 17.4 Å². The van der Waals surface area contributed by atoms with Gasteiger partial charge in [-0.1, -0.05) is 29.8 Å². The van der Waals surface area contributed by atoms with Crippen LogP contribution < -0.4 is 16.2 Å². The molecule has 0 fully saturated rings. The van der Waals surface area contributed by atoms with E-state index in [1.807, 2.05) is 31.2 Å². The maximum Gasteiger partial charge on any atom is 0.263 e. The summed E-state index contributed by atoms with van der Waals surface area (Å²) >= 11 is 0. The number of aryl methyl sites for hydroxylation is 1. The lowest BCUT2D eigenvalue weighted by molar-refractivity contribution is 0.0955. The molecule has 0 bridgehead atoms. The molecule has 0 atom stereocenters. The second-order valence-corrected chi connectivity index (χ2v) is 5.50. The highest BCUT2D eigenvalue weighted by atomic mass is 16.2. The lowest BCUT2D eigenvalue weighted by Gasteiger charge is -2.12. The van der Waals surface area contributed by atoms with E-state index in [9.17, 15) is 14.4 Å². The van der Waals surface area contributed by atoms with Gasteiger partial charge in [0.1, 0.15) is 5.56 Å². The Morgan fingerprint density at radius 1 is 1.17 bits per heavy atom. The molecule has 0 saturated heterocycles. The summed E-state index contributed by atoms with van der Waals surface area (Å²) in [6, 6.07) is 9.07. The molecule has 1 aromatic carbocycles. The van der Waals surface area contributed by atoms with Gasteiger partial charge in [-0.25, -0.2) is 0 Å². The standard InChI is InChI=1S/C18H21N3O3/c1-4-20-16(22)14-9-15(17(23)19-3)18(24)21(11-14)10-13-7-5-6-12(2)8-13/h5-9,11H,4,10H2,1-3H3,(H,19,23)(H,20,22). The first kappa shape index (κ1) is 17.5. The number of pyridine rings is 1. The molecule has 0 saturated carbocycles. The molecule has 6 heteroatoms. The number of rotatable bonds is 5. The first-order valence-electron chi connectivity index (χ1n) is 7.76. The summed E-state index contributed by atoms with van der Waals surface area (Å²) in [7, 11) is 1.45. The molecule has 0 aliphatic heterocycles. The van der Waals surface area contributed by atoms with Crippen LogP contribution in [-0.2, 0) is 6.54 Å². The number of hydrogen-bond acceptors (Lipinski definition) is 3. The van der Waals surface area contributed by atoms with Crippen LogP contribution in [0.1, 0.15) is 38.8 Å². The monoisotopic (exact) mass is 327 g/mol. The van der Waals surface area contributed by atoms with Gasteiger partial charge in [-0.3, -0.25) is 14.4 Å². The minimum Gasteiger partial charge on any atom is -0.355 e. The molecule has 2 aromatic rings. The van der Waals surface area contributed by atoms with Crippen LogP contribution in [0.3, 0.4) is 0 Å². The summed E-state index contributed by atoms with van der Waals surface area (Å²) < 4.78 is 1.39. The molecular weight excluding hydrogens is 306 g/mol. The second-order valence-electron chi connectivity index (χ2n) is 5.50. The van der Waals surface area contributed by atoms with Crippen molar-refractivity contribution in [3.8, 4) is 0 Å². The summed E-state index contributed by atoms with van der Waals surface area (Å²) in [4.78, 5) is 36.7. The Hall–Kier alpha value is -2.89. The first-order chi connectivity index (χ1) is 11.5. The number of nitrogens with one attached hydrogen (secondary N) is 2. The third kappa shape index (κ3) is 3.90. The highest BCUT2D eigenvalue weighted by molar-refractivity contribution is 5.99. The van der Waals surface area contributed by atoms with Crippen LogP contribution in [0.25, 0.3) is 0 Å². The van der Waals surface area contributed by atoms with Crippen molar-refractivity contribution < 1.29 is 9.59 Å². The van der Waals surface area contributed by atoms with Gasteiger partial charge >= 0.3 is 0 Å². The van der Waals surface area contributed by atoms with Gasteiger partial charge in [0.15, 0.2) is 0 Å². The Morgan fingerprint density at radius 3 is 2.54 bits per heavy atom. The zero-order valence-electron chi connectivity index (χ0n) is 14.1. The lowest BCUT2D eigenvalue weighted by atomic mass is 10.1. The lowest BCUT2D eigenvalue weighted by Crippen LogP contribution is -2.34. The molecule has 24 heavy (non-hydrogen) atoms. The molecule has 2 N–H and O–H groups in total. The number of benzene rings is 1. The summed E-state index contributed by atoms with van der Waals surface area (Å²) in [6.07, 6.45) is 1.49. The fraction of sp³-hybridized carbons (Fsp3) is 0.278.